The van der Waals surface area contributed by atoms with E-state index in [0.717, 1.165) is 6.42 Å². The molecular formula is C10H21N. The molecule has 66 valence electrons. The van der Waals surface area contributed by atoms with Gasteiger partial charge in [0.05, 0.1) is 0 Å². The predicted molar refractivity (Wildman–Crippen MR) is 51.5 cm³/mol. The number of rotatable bonds is 4. The zero-order valence-electron chi connectivity index (χ0n) is 8.44. The molecule has 1 nitrogen and oxygen atoms in total. The van der Waals surface area contributed by atoms with Crippen LogP contribution < -0.4 is 5.32 Å². The first-order chi connectivity index (χ1) is 5.07. The molecule has 0 aliphatic rings. The summed E-state index contributed by atoms with van der Waals surface area (Å²) in [4.78, 5) is 0. The minimum atomic E-state index is 0.580. The molecule has 1 unspecified atom stereocenters. The second-order valence-corrected chi connectivity index (χ2v) is 3.54. The summed E-state index contributed by atoms with van der Waals surface area (Å²) in [7, 11) is 0. The Hall–Kier alpha value is -0.460. The summed E-state index contributed by atoms with van der Waals surface area (Å²) >= 11 is 0. The SMILES string of the molecule is CCC(C)=CNC(C)C(C)C. The monoisotopic (exact) mass is 155 g/mol. The second-order valence-electron chi connectivity index (χ2n) is 3.54. The van der Waals surface area contributed by atoms with E-state index in [-0.39, 0.29) is 0 Å². The van der Waals surface area contributed by atoms with Gasteiger partial charge >= 0.3 is 0 Å². The van der Waals surface area contributed by atoms with Crippen molar-refractivity contribution < 1.29 is 0 Å². The van der Waals surface area contributed by atoms with E-state index in [1.165, 1.54) is 5.57 Å². The largest absolute Gasteiger partial charge is 0.388 e. The van der Waals surface area contributed by atoms with Crippen molar-refractivity contribution in [3.05, 3.63) is 11.8 Å². The van der Waals surface area contributed by atoms with Crippen LogP contribution in [0.5, 0.6) is 0 Å². The van der Waals surface area contributed by atoms with E-state index in [1.807, 2.05) is 0 Å². The van der Waals surface area contributed by atoms with Crippen molar-refractivity contribution in [3.63, 3.8) is 0 Å². The van der Waals surface area contributed by atoms with Crippen LogP contribution in [0.2, 0.25) is 0 Å². The lowest BCUT2D eigenvalue weighted by atomic mass is 10.1. The van der Waals surface area contributed by atoms with Gasteiger partial charge in [0, 0.05) is 6.04 Å². The lowest BCUT2D eigenvalue weighted by molar-refractivity contribution is 0.472. The lowest BCUT2D eigenvalue weighted by Crippen LogP contribution is -2.26. The third kappa shape index (κ3) is 4.88. The highest BCUT2D eigenvalue weighted by Crippen LogP contribution is 2.01. The standard InChI is InChI=1S/C10H21N/c1-6-9(4)7-11-10(5)8(2)3/h7-8,10-11H,6H2,1-5H3. The Morgan fingerprint density at radius 1 is 1.36 bits per heavy atom. The van der Waals surface area contributed by atoms with Gasteiger partial charge in [0.25, 0.3) is 0 Å². The zero-order valence-corrected chi connectivity index (χ0v) is 8.44. The van der Waals surface area contributed by atoms with Crippen molar-refractivity contribution >= 4 is 0 Å². The zero-order chi connectivity index (χ0) is 8.85. The molecule has 0 amide bonds. The molecule has 0 aliphatic carbocycles. The summed E-state index contributed by atoms with van der Waals surface area (Å²) in [6.07, 6.45) is 3.27. The fourth-order valence-electron chi connectivity index (χ4n) is 0.568. The van der Waals surface area contributed by atoms with Gasteiger partial charge in [0.15, 0.2) is 0 Å². The summed E-state index contributed by atoms with van der Waals surface area (Å²) < 4.78 is 0. The molecule has 0 bridgehead atoms. The average molecular weight is 155 g/mol. The highest BCUT2D eigenvalue weighted by atomic mass is 14.9. The first kappa shape index (κ1) is 10.5. The van der Waals surface area contributed by atoms with Crippen LogP contribution in [0.15, 0.2) is 11.8 Å². The van der Waals surface area contributed by atoms with Crippen LogP contribution in [0, 0.1) is 5.92 Å². The highest BCUT2D eigenvalue weighted by molar-refractivity contribution is 4.95. The minimum absolute atomic E-state index is 0.580. The summed E-state index contributed by atoms with van der Waals surface area (Å²) in [5, 5.41) is 3.37. The van der Waals surface area contributed by atoms with Crippen LogP contribution in [0.4, 0.5) is 0 Å². The van der Waals surface area contributed by atoms with Gasteiger partial charge in [-0.05, 0) is 32.4 Å². The maximum absolute atomic E-state index is 3.37. The summed E-state index contributed by atoms with van der Waals surface area (Å²) in [5.41, 5.74) is 1.41. The molecule has 0 radical (unpaired) electrons. The first-order valence-electron chi connectivity index (χ1n) is 4.49. The lowest BCUT2D eigenvalue weighted by Gasteiger charge is -2.16. The van der Waals surface area contributed by atoms with E-state index in [2.05, 4.69) is 46.1 Å². The van der Waals surface area contributed by atoms with E-state index in [1.54, 1.807) is 0 Å². The molecule has 11 heavy (non-hydrogen) atoms. The van der Waals surface area contributed by atoms with Crippen LogP contribution in [0.1, 0.15) is 41.0 Å². The Labute approximate surface area is 70.9 Å². The molecule has 0 spiro atoms. The third-order valence-electron chi connectivity index (χ3n) is 2.15. The van der Waals surface area contributed by atoms with E-state index < -0.39 is 0 Å². The third-order valence-corrected chi connectivity index (χ3v) is 2.15. The number of hydrogen-bond donors (Lipinski definition) is 1. The molecule has 1 heteroatoms. The van der Waals surface area contributed by atoms with Gasteiger partial charge in [-0.3, -0.25) is 0 Å². The van der Waals surface area contributed by atoms with Gasteiger partial charge in [-0.2, -0.15) is 0 Å². The smallest absolute Gasteiger partial charge is 0.0250 e. The predicted octanol–water partition coefficient (Wildman–Crippen LogP) is 2.93. The molecule has 0 fully saturated rings. The Kier molecular flexibility index (Phi) is 5.01. The van der Waals surface area contributed by atoms with Crippen LogP contribution in [-0.4, -0.2) is 6.04 Å². The topological polar surface area (TPSA) is 12.0 Å². The molecular weight excluding hydrogens is 134 g/mol. The van der Waals surface area contributed by atoms with Crippen molar-refractivity contribution in [2.45, 2.75) is 47.1 Å². The van der Waals surface area contributed by atoms with Gasteiger partial charge in [0.1, 0.15) is 0 Å². The van der Waals surface area contributed by atoms with Crippen molar-refractivity contribution in [3.8, 4) is 0 Å². The maximum Gasteiger partial charge on any atom is 0.0250 e. The van der Waals surface area contributed by atoms with Gasteiger partial charge in [-0.15, -0.1) is 0 Å². The molecule has 0 saturated carbocycles. The van der Waals surface area contributed by atoms with Crippen molar-refractivity contribution in [2.24, 2.45) is 5.92 Å². The van der Waals surface area contributed by atoms with Gasteiger partial charge < -0.3 is 5.32 Å². The minimum Gasteiger partial charge on any atom is -0.388 e. The molecule has 0 aromatic rings. The van der Waals surface area contributed by atoms with Crippen LogP contribution in [-0.2, 0) is 0 Å². The molecule has 0 heterocycles. The summed E-state index contributed by atoms with van der Waals surface area (Å²) in [6, 6.07) is 0.580. The quantitative estimate of drug-likeness (QED) is 0.658. The molecule has 0 aromatic carbocycles. The molecule has 0 saturated heterocycles. The molecule has 0 aromatic heterocycles. The molecule has 1 N–H and O–H groups in total. The Balaban J connectivity index is 3.68. The van der Waals surface area contributed by atoms with Crippen molar-refractivity contribution in [1.82, 2.24) is 5.32 Å². The summed E-state index contributed by atoms with van der Waals surface area (Å²) in [6.45, 7) is 11.0. The second kappa shape index (κ2) is 5.22. The van der Waals surface area contributed by atoms with E-state index >= 15 is 0 Å². The first-order valence-corrected chi connectivity index (χ1v) is 4.49. The normalized spacial score (nSPS) is 15.3. The Morgan fingerprint density at radius 3 is 2.27 bits per heavy atom. The van der Waals surface area contributed by atoms with E-state index in [0.29, 0.717) is 12.0 Å². The molecule has 0 rings (SSSR count). The van der Waals surface area contributed by atoms with Crippen molar-refractivity contribution in [2.75, 3.05) is 0 Å². The Bertz CT molecular complexity index is 125. The Morgan fingerprint density at radius 2 is 1.91 bits per heavy atom. The van der Waals surface area contributed by atoms with Crippen LogP contribution in [0.25, 0.3) is 0 Å². The van der Waals surface area contributed by atoms with Gasteiger partial charge in [-0.1, -0.05) is 26.3 Å². The number of nitrogens with one attached hydrogen (secondary N) is 1. The summed E-state index contributed by atoms with van der Waals surface area (Å²) in [5.74, 6) is 0.705. The van der Waals surface area contributed by atoms with Crippen molar-refractivity contribution in [1.29, 1.82) is 0 Å². The fourth-order valence-corrected chi connectivity index (χ4v) is 0.568. The molecule has 1 atom stereocenters. The average Bonchev–Trinajstić information content (AvgIpc) is 1.99. The van der Waals surface area contributed by atoms with Crippen LogP contribution in [0.3, 0.4) is 0 Å². The van der Waals surface area contributed by atoms with Gasteiger partial charge in [-0.25, -0.2) is 0 Å². The molecule has 0 aliphatic heterocycles. The highest BCUT2D eigenvalue weighted by Gasteiger charge is 2.02. The fraction of sp³-hybridized carbons (Fsp3) is 0.800. The van der Waals surface area contributed by atoms with Gasteiger partial charge in [0.2, 0.25) is 0 Å². The number of hydrogen-bond acceptors (Lipinski definition) is 1. The van der Waals surface area contributed by atoms with Crippen LogP contribution >= 0.6 is 0 Å². The maximum atomic E-state index is 3.37. The van der Waals surface area contributed by atoms with E-state index in [4.69, 9.17) is 0 Å². The number of allylic oxidation sites excluding steroid dienone is 1. The van der Waals surface area contributed by atoms with E-state index in [9.17, 15) is 0 Å².